The number of carbonyl (C=O) groups is 1. The molecule has 164 valence electrons. The molecule has 1 aromatic heterocycles. The molecule has 3 aromatic rings. The van der Waals surface area contributed by atoms with E-state index in [0.29, 0.717) is 29.2 Å². The summed E-state index contributed by atoms with van der Waals surface area (Å²) in [5.74, 6) is -0.148. The molecule has 32 heavy (non-hydrogen) atoms. The van der Waals surface area contributed by atoms with Crippen LogP contribution < -0.4 is 10.6 Å². The van der Waals surface area contributed by atoms with Crippen LogP contribution in [0.25, 0.3) is 11.1 Å². The fourth-order valence-corrected chi connectivity index (χ4v) is 3.13. The van der Waals surface area contributed by atoms with Crippen LogP contribution in [0.4, 0.5) is 24.7 Å². The van der Waals surface area contributed by atoms with Gasteiger partial charge in [0.25, 0.3) is 5.91 Å². The number of aryl methyl sites for hydroxylation is 1. The highest BCUT2D eigenvalue weighted by Gasteiger charge is 2.30. The molecule has 2 aromatic carbocycles. The van der Waals surface area contributed by atoms with Crippen LogP contribution in [0.5, 0.6) is 0 Å². The van der Waals surface area contributed by atoms with Gasteiger partial charge in [-0.05, 0) is 60.9 Å². The summed E-state index contributed by atoms with van der Waals surface area (Å²) in [6.45, 7) is 4.58. The number of alkyl halides is 3. The first-order valence-corrected chi connectivity index (χ1v) is 9.96. The average Bonchev–Trinajstić information content (AvgIpc) is 2.78. The predicted molar refractivity (Wildman–Crippen MR) is 117 cm³/mol. The van der Waals surface area contributed by atoms with Gasteiger partial charge in [-0.25, -0.2) is 4.98 Å². The van der Waals surface area contributed by atoms with Gasteiger partial charge in [-0.1, -0.05) is 19.1 Å². The van der Waals surface area contributed by atoms with Crippen molar-refractivity contribution < 1.29 is 18.0 Å². The first kappa shape index (κ1) is 22.8. The van der Waals surface area contributed by atoms with Gasteiger partial charge in [0.2, 0.25) is 0 Å². The Morgan fingerprint density at radius 1 is 1.16 bits per heavy atom. The lowest BCUT2D eigenvalue weighted by Gasteiger charge is -2.13. The summed E-state index contributed by atoms with van der Waals surface area (Å²) < 4.78 is 38.8. The lowest BCUT2D eigenvalue weighted by Crippen LogP contribution is -2.14. The number of benzene rings is 2. The number of hydrogen-bond acceptors (Lipinski definition) is 4. The van der Waals surface area contributed by atoms with Crippen molar-refractivity contribution in [1.29, 1.82) is 5.26 Å². The van der Waals surface area contributed by atoms with Gasteiger partial charge in [0.05, 0.1) is 11.1 Å². The number of nitrogens with zero attached hydrogens (tertiary/aromatic N) is 2. The molecule has 1 amide bonds. The fraction of sp³-hybridized carbons (Fsp3) is 0.208. The molecule has 0 bridgehead atoms. The minimum absolute atomic E-state index is 0.0956. The summed E-state index contributed by atoms with van der Waals surface area (Å²) in [4.78, 5) is 16.9. The van der Waals surface area contributed by atoms with Gasteiger partial charge in [-0.2, -0.15) is 18.4 Å². The van der Waals surface area contributed by atoms with Crippen molar-refractivity contribution in [3.8, 4) is 17.2 Å². The molecule has 8 heteroatoms. The first-order valence-electron chi connectivity index (χ1n) is 9.96. The van der Waals surface area contributed by atoms with Crippen LogP contribution in [0.2, 0.25) is 0 Å². The van der Waals surface area contributed by atoms with E-state index >= 15 is 0 Å². The summed E-state index contributed by atoms with van der Waals surface area (Å²) in [5, 5.41) is 15.2. The van der Waals surface area contributed by atoms with Crippen molar-refractivity contribution >= 4 is 17.4 Å². The molecule has 0 aliphatic heterocycles. The largest absolute Gasteiger partial charge is 0.416 e. The third kappa shape index (κ3) is 5.24. The molecule has 0 saturated heterocycles. The van der Waals surface area contributed by atoms with E-state index in [1.165, 1.54) is 12.1 Å². The van der Waals surface area contributed by atoms with Crippen LogP contribution in [-0.4, -0.2) is 17.4 Å². The molecule has 0 spiro atoms. The predicted octanol–water partition coefficient (Wildman–Crippen LogP) is 6.02. The average molecular weight is 438 g/mol. The number of rotatable bonds is 6. The first-order chi connectivity index (χ1) is 15.2. The Balaban J connectivity index is 1.88. The van der Waals surface area contributed by atoms with Crippen molar-refractivity contribution in [2.24, 2.45) is 0 Å². The number of halogens is 3. The second kappa shape index (κ2) is 9.52. The van der Waals surface area contributed by atoms with Crippen molar-refractivity contribution in [2.45, 2.75) is 26.4 Å². The Kier molecular flexibility index (Phi) is 6.79. The minimum atomic E-state index is -4.53. The van der Waals surface area contributed by atoms with Crippen molar-refractivity contribution in [3.63, 3.8) is 0 Å². The molecular weight excluding hydrogens is 417 g/mol. The Labute approximate surface area is 183 Å². The topological polar surface area (TPSA) is 77.8 Å². The van der Waals surface area contributed by atoms with Gasteiger partial charge >= 0.3 is 6.18 Å². The zero-order valence-electron chi connectivity index (χ0n) is 17.5. The molecule has 0 aliphatic rings. The molecule has 0 fully saturated rings. The molecule has 3 rings (SSSR count). The molecule has 0 radical (unpaired) electrons. The number of pyridine rings is 1. The van der Waals surface area contributed by atoms with Crippen LogP contribution in [0.1, 0.15) is 40.4 Å². The number of amides is 1. The van der Waals surface area contributed by atoms with E-state index in [-0.39, 0.29) is 5.56 Å². The van der Waals surface area contributed by atoms with Gasteiger partial charge in [0, 0.05) is 29.6 Å². The van der Waals surface area contributed by atoms with E-state index in [1.54, 1.807) is 30.5 Å². The molecule has 2 N–H and O–H groups in total. The van der Waals surface area contributed by atoms with E-state index in [2.05, 4.69) is 21.7 Å². The normalized spacial score (nSPS) is 11.0. The number of aromatic nitrogens is 1. The number of nitrogens with one attached hydrogen (secondary N) is 2. The molecule has 0 saturated carbocycles. The zero-order chi connectivity index (χ0) is 23.3. The van der Waals surface area contributed by atoms with Gasteiger partial charge < -0.3 is 10.6 Å². The number of hydrogen-bond donors (Lipinski definition) is 2. The highest BCUT2D eigenvalue weighted by atomic mass is 19.4. The van der Waals surface area contributed by atoms with E-state index in [0.717, 1.165) is 29.7 Å². The smallest absolute Gasteiger partial charge is 0.369 e. The van der Waals surface area contributed by atoms with Crippen LogP contribution in [-0.2, 0) is 6.18 Å². The molecule has 5 nitrogen and oxygen atoms in total. The van der Waals surface area contributed by atoms with E-state index < -0.39 is 17.6 Å². The zero-order valence-corrected chi connectivity index (χ0v) is 17.5. The van der Waals surface area contributed by atoms with Crippen LogP contribution >= 0.6 is 0 Å². The third-order valence-electron chi connectivity index (χ3n) is 4.81. The van der Waals surface area contributed by atoms with Crippen molar-refractivity contribution in [2.75, 3.05) is 17.2 Å². The van der Waals surface area contributed by atoms with Gasteiger partial charge in [-0.3, -0.25) is 4.79 Å². The number of nitriles is 1. The van der Waals surface area contributed by atoms with Gasteiger partial charge in [0.15, 0.2) is 0 Å². The molecular formula is C24H21F3N4O. The monoisotopic (exact) mass is 438 g/mol. The van der Waals surface area contributed by atoms with Gasteiger partial charge in [0.1, 0.15) is 11.9 Å². The Morgan fingerprint density at radius 2 is 1.94 bits per heavy atom. The summed E-state index contributed by atoms with van der Waals surface area (Å²) >= 11 is 0. The fourth-order valence-electron chi connectivity index (χ4n) is 3.13. The summed E-state index contributed by atoms with van der Waals surface area (Å²) in [6.07, 6.45) is -2.00. The maximum absolute atomic E-state index is 12.9. The summed E-state index contributed by atoms with van der Waals surface area (Å²) in [5.41, 5.74) is 2.16. The SMILES string of the molecule is CCCNc1ncc(-c2cc(NC(=O)c3cccc(C(F)(F)F)c3)ccc2C)cc1C#N. The lowest BCUT2D eigenvalue weighted by molar-refractivity contribution is -0.137. The Morgan fingerprint density at radius 3 is 2.62 bits per heavy atom. The van der Waals surface area contributed by atoms with E-state index in [1.807, 2.05) is 13.8 Å². The van der Waals surface area contributed by atoms with Crippen molar-refractivity contribution in [3.05, 3.63) is 77.0 Å². The maximum Gasteiger partial charge on any atom is 0.416 e. The van der Waals surface area contributed by atoms with Crippen LogP contribution in [0.3, 0.4) is 0 Å². The van der Waals surface area contributed by atoms with Gasteiger partial charge in [-0.15, -0.1) is 0 Å². The van der Waals surface area contributed by atoms with E-state index in [4.69, 9.17) is 0 Å². The second-order valence-corrected chi connectivity index (χ2v) is 7.22. The number of carbonyl (C=O) groups excluding carboxylic acids is 1. The highest BCUT2D eigenvalue weighted by Crippen LogP contribution is 2.31. The molecule has 1 heterocycles. The van der Waals surface area contributed by atoms with Crippen molar-refractivity contribution in [1.82, 2.24) is 4.98 Å². The second-order valence-electron chi connectivity index (χ2n) is 7.22. The van der Waals surface area contributed by atoms with E-state index in [9.17, 15) is 23.2 Å². The van der Waals surface area contributed by atoms with Crippen LogP contribution in [0, 0.1) is 18.3 Å². The lowest BCUT2D eigenvalue weighted by atomic mass is 10.00. The quantitative estimate of drug-likeness (QED) is 0.493. The number of anilines is 2. The molecule has 0 unspecified atom stereocenters. The van der Waals surface area contributed by atoms with Crippen LogP contribution in [0.15, 0.2) is 54.7 Å². The highest BCUT2D eigenvalue weighted by molar-refractivity contribution is 6.04. The Hall–Kier alpha value is -3.86. The summed E-state index contributed by atoms with van der Waals surface area (Å²) in [7, 11) is 0. The molecule has 0 aliphatic carbocycles. The Bertz CT molecular complexity index is 1180. The standard InChI is InChI=1S/C24H21F3N4O/c1-3-9-29-22-17(13-28)10-18(14-30-22)21-12-20(8-7-15(21)2)31-23(32)16-5-4-6-19(11-16)24(25,26)27/h4-8,10-12,14H,3,9H2,1-2H3,(H,29,30)(H,31,32). The third-order valence-corrected chi connectivity index (χ3v) is 4.81. The maximum atomic E-state index is 12.9. The summed E-state index contributed by atoms with van der Waals surface area (Å²) in [6, 6.07) is 13.3. The minimum Gasteiger partial charge on any atom is -0.369 e. The molecule has 0 atom stereocenters.